The van der Waals surface area contributed by atoms with Crippen LogP contribution < -0.4 is 15.4 Å². The maximum absolute atomic E-state index is 12.4. The Balaban J connectivity index is 0.00000182. The Morgan fingerprint density at radius 1 is 1.22 bits per heavy atom. The van der Waals surface area contributed by atoms with E-state index in [2.05, 4.69) is 15.6 Å². The normalized spacial score (nSPS) is 15.3. The fourth-order valence-corrected chi connectivity index (χ4v) is 2.82. The second-order valence-electron chi connectivity index (χ2n) is 6.62. The third kappa shape index (κ3) is 6.38. The van der Waals surface area contributed by atoms with Crippen molar-refractivity contribution in [2.75, 3.05) is 13.1 Å². The predicted molar refractivity (Wildman–Crippen MR) is 112 cm³/mol. The molecular formula is C20H27Cl2N3O2. The molecule has 2 aromatic rings. The van der Waals surface area contributed by atoms with E-state index < -0.39 is 0 Å². The first-order valence-electron chi connectivity index (χ1n) is 8.77. The molecule has 148 valence electrons. The summed E-state index contributed by atoms with van der Waals surface area (Å²) in [4.78, 5) is 16.6. The standard InChI is InChI=1S/C20H25N3O2.2ClH/c1-14(17-11-21-12-17)20(24)23-15(2)16-6-5-8-19(10-16)25-13-18-7-3-4-9-22-18;;/h3-10,14-15,17,21H,11-13H2,1-2H3,(H,23,24);2*1H. The van der Waals surface area contributed by atoms with Gasteiger partial charge in [-0.25, -0.2) is 0 Å². The summed E-state index contributed by atoms with van der Waals surface area (Å²) < 4.78 is 5.82. The molecule has 0 bridgehead atoms. The van der Waals surface area contributed by atoms with Crippen LogP contribution >= 0.6 is 24.8 Å². The number of carbonyl (C=O) groups is 1. The van der Waals surface area contributed by atoms with Crippen molar-refractivity contribution in [3.8, 4) is 5.75 Å². The molecule has 3 rings (SSSR count). The lowest BCUT2D eigenvalue weighted by Gasteiger charge is -2.32. The minimum atomic E-state index is -0.0543. The number of pyridine rings is 1. The zero-order valence-electron chi connectivity index (χ0n) is 15.6. The van der Waals surface area contributed by atoms with Gasteiger partial charge >= 0.3 is 0 Å². The van der Waals surface area contributed by atoms with Crippen LogP contribution in [0.15, 0.2) is 48.7 Å². The number of rotatable bonds is 7. The first-order valence-corrected chi connectivity index (χ1v) is 8.77. The van der Waals surface area contributed by atoms with E-state index in [1.807, 2.05) is 56.3 Å². The second-order valence-corrected chi connectivity index (χ2v) is 6.62. The fraction of sp³-hybridized carbons (Fsp3) is 0.400. The topological polar surface area (TPSA) is 63.2 Å². The molecule has 7 heteroatoms. The molecule has 1 fully saturated rings. The monoisotopic (exact) mass is 411 g/mol. The molecule has 1 amide bonds. The zero-order chi connectivity index (χ0) is 17.6. The fourth-order valence-electron chi connectivity index (χ4n) is 2.82. The van der Waals surface area contributed by atoms with Crippen LogP contribution in [0.5, 0.6) is 5.75 Å². The Morgan fingerprint density at radius 3 is 2.63 bits per heavy atom. The first-order chi connectivity index (χ1) is 12.1. The highest BCUT2D eigenvalue weighted by Gasteiger charge is 2.29. The van der Waals surface area contributed by atoms with Crippen molar-refractivity contribution in [3.05, 3.63) is 59.9 Å². The molecule has 2 heterocycles. The van der Waals surface area contributed by atoms with Crippen molar-refractivity contribution < 1.29 is 9.53 Å². The highest BCUT2D eigenvalue weighted by molar-refractivity contribution is 5.85. The average molecular weight is 412 g/mol. The third-order valence-corrected chi connectivity index (χ3v) is 4.76. The third-order valence-electron chi connectivity index (χ3n) is 4.76. The van der Waals surface area contributed by atoms with E-state index in [1.54, 1.807) is 6.20 Å². The summed E-state index contributed by atoms with van der Waals surface area (Å²) in [7, 11) is 0. The Bertz CT molecular complexity index is 711. The maximum Gasteiger partial charge on any atom is 0.223 e. The molecular weight excluding hydrogens is 385 g/mol. The number of nitrogens with zero attached hydrogens (tertiary/aromatic N) is 1. The summed E-state index contributed by atoms with van der Waals surface area (Å²) in [5.41, 5.74) is 1.92. The summed E-state index contributed by atoms with van der Waals surface area (Å²) >= 11 is 0. The van der Waals surface area contributed by atoms with Crippen LogP contribution in [-0.4, -0.2) is 24.0 Å². The summed E-state index contributed by atoms with van der Waals surface area (Å²) in [6.07, 6.45) is 1.76. The lowest BCUT2D eigenvalue weighted by atomic mass is 9.88. The average Bonchev–Trinajstić information content (AvgIpc) is 2.59. The molecule has 1 saturated heterocycles. The van der Waals surface area contributed by atoms with Crippen LogP contribution in [0, 0.1) is 11.8 Å². The number of hydrogen-bond acceptors (Lipinski definition) is 4. The summed E-state index contributed by atoms with van der Waals surface area (Å²) in [6.45, 7) is 6.29. The molecule has 2 N–H and O–H groups in total. The number of halogens is 2. The van der Waals surface area contributed by atoms with Gasteiger partial charge in [0, 0.05) is 12.1 Å². The van der Waals surface area contributed by atoms with E-state index in [9.17, 15) is 4.79 Å². The van der Waals surface area contributed by atoms with Gasteiger partial charge in [-0.05, 0) is 55.8 Å². The van der Waals surface area contributed by atoms with Gasteiger partial charge in [0.1, 0.15) is 12.4 Å². The highest BCUT2D eigenvalue weighted by atomic mass is 35.5. The van der Waals surface area contributed by atoms with Crippen LogP contribution in [0.25, 0.3) is 0 Å². The minimum absolute atomic E-state index is 0. The van der Waals surface area contributed by atoms with Gasteiger partial charge in [-0.3, -0.25) is 9.78 Å². The number of aromatic nitrogens is 1. The number of hydrogen-bond donors (Lipinski definition) is 2. The van der Waals surface area contributed by atoms with E-state index in [-0.39, 0.29) is 42.7 Å². The quantitative estimate of drug-likeness (QED) is 0.731. The van der Waals surface area contributed by atoms with E-state index in [1.165, 1.54) is 0 Å². The van der Waals surface area contributed by atoms with Crippen LogP contribution in [-0.2, 0) is 11.4 Å². The van der Waals surface area contributed by atoms with Crippen molar-refractivity contribution in [1.29, 1.82) is 0 Å². The summed E-state index contributed by atoms with van der Waals surface area (Å²) in [5, 5.41) is 6.33. The Kier molecular flexibility index (Phi) is 9.56. The van der Waals surface area contributed by atoms with E-state index in [0.717, 1.165) is 30.1 Å². The molecule has 5 nitrogen and oxygen atoms in total. The summed E-state index contributed by atoms with van der Waals surface area (Å²) in [5.74, 6) is 1.37. The number of carbonyl (C=O) groups excluding carboxylic acids is 1. The molecule has 0 aliphatic carbocycles. The Morgan fingerprint density at radius 2 is 2.00 bits per heavy atom. The number of nitrogens with one attached hydrogen (secondary N) is 2. The molecule has 27 heavy (non-hydrogen) atoms. The predicted octanol–water partition coefficient (Wildman–Crippen LogP) is 3.54. The molecule has 2 atom stereocenters. The van der Waals surface area contributed by atoms with Gasteiger partial charge in [0.15, 0.2) is 0 Å². The molecule has 1 aliphatic rings. The molecule has 1 aromatic carbocycles. The Hall–Kier alpha value is -1.82. The molecule has 1 aromatic heterocycles. The maximum atomic E-state index is 12.4. The van der Waals surface area contributed by atoms with E-state index >= 15 is 0 Å². The molecule has 1 aliphatic heterocycles. The minimum Gasteiger partial charge on any atom is -0.487 e. The van der Waals surface area contributed by atoms with Crippen molar-refractivity contribution in [2.24, 2.45) is 11.8 Å². The lowest BCUT2D eigenvalue weighted by Crippen LogP contribution is -2.49. The van der Waals surface area contributed by atoms with Gasteiger partial charge in [-0.15, -0.1) is 24.8 Å². The largest absolute Gasteiger partial charge is 0.487 e. The van der Waals surface area contributed by atoms with Crippen molar-refractivity contribution in [1.82, 2.24) is 15.6 Å². The van der Waals surface area contributed by atoms with Gasteiger partial charge in [-0.2, -0.15) is 0 Å². The van der Waals surface area contributed by atoms with Gasteiger partial charge in [0.25, 0.3) is 0 Å². The molecule has 2 unspecified atom stereocenters. The van der Waals surface area contributed by atoms with Crippen LogP contribution in [0.4, 0.5) is 0 Å². The van der Waals surface area contributed by atoms with Crippen molar-refractivity contribution in [3.63, 3.8) is 0 Å². The summed E-state index contributed by atoms with van der Waals surface area (Å²) in [6, 6.07) is 13.6. The van der Waals surface area contributed by atoms with Gasteiger partial charge in [0.2, 0.25) is 5.91 Å². The number of amides is 1. The second kappa shape index (κ2) is 11.1. The lowest BCUT2D eigenvalue weighted by molar-refractivity contribution is -0.127. The highest BCUT2D eigenvalue weighted by Crippen LogP contribution is 2.22. The Labute approximate surface area is 173 Å². The van der Waals surface area contributed by atoms with Gasteiger partial charge in [-0.1, -0.05) is 25.1 Å². The first kappa shape index (κ1) is 23.2. The van der Waals surface area contributed by atoms with E-state index in [0.29, 0.717) is 12.5 Å². The number of benzene rings is 1. The number of ether oxygens (including phenoxy) is 1. The SMILES string of the molecule is CC(NC(=O)C(C)C1CNC1)c1cccc(OCc2ccccn2)c1.Cl.Cl. The van der Waals surface area contributed by atoms with Crippen LogP contribution in [0.3, 0.4) is 0 Å². The smallest absolute Gasteiger partial charge is 0.223 e. The van der Waals surface area contributed by atoms with Crippen LogP contribution in [0.2, 0.25) is 0 Å². The van der Waals surface area contributed by atoms with Crippen molar-refractivity contribution >= 4 is 30.7 Å². The van der Waals surface area contributed by atoms with E-state index in [4.69, 9.17) is 4.74 Å². The van der Waals surface area contributed by atoms with Crippen molar-refractivity contribution in [2.45, 2.75) is 26.5 Å². The molecule has 0 saturated carbocycles. The zero-order valence-corrected chi connectivity index (χ0v) is 17.2. The molecule has 0 radical (unpaired) electrons. The van der Waals surface area contributed by atoms with Gasteiger partial charge < -0.3 is 15.4 Å². The van der Waals surface area contributed by atoms with Gasteiger partial charge in [0.05, 0.1) is 11.7 Å². The van der Waals surface area contributed by atoms with Crippen LogP contribution in [0.1, 0.15) is 31.1 Å². The molecule has 0 spiro atoms.